The second kappa shape index (κ2) is 7.71. The molecule has 0 aliphatic heterocycles. The molecule has 2 aromatic carbocycles. The fourth-order valence-corrected chi connectivity index (χ4v) is 4.22. The van der Waals surface area contributed by atoms with Gasteiger partial charge in [-0.05, 0) is 30.3 Å². The van der Waals surface area contributed by atoms with Gasteiger partial charge in [-0.1, -0.05) is 41.1 Å². The van der Waals surface area contributed by atoms with Crippen LogP contribution in [0.1, 0.15) is 10.4 Å². The van der Waals surface area contributed by atoms with E-state index in [2.05, 4.69) is 4.99 Å². The molecule has 4 rings (SSSR count). The molecular weight excluding hydrogens is 400 g/mol. The van der Waals surface area contributed by atoms with Gasteiger partial charge in [-0.25, -0.2) is 4.79 Å². The number of hydrogen-bond acceptors (Lipinski definition) is 5. The van der Waals surface area contributed by atoms with Crippen molar-refractivity contribution in [2.75, 3.05) is 13.7 Å². The summed E-state index contributed by atoms with van der Waals surface area (Å²) in [5.74, 6) is -0.650. The molecule has 0 aliphatic carbocycles. The average Bonchev–Trinajstić information content (AvgIpc) is 3.01. The fourth-order valence-electron chi connectivity index (χ4n) is 2.89. The topological polar surface area (TPSA) is 73.8 Å². The number of halogens is 1. The van der Waals surface area contributed by atoms with Gasteiger partial charge in [-0.2, -0.15) is 4.99 Å². The number of ether oxygens (including phenoxy) is 1. The Balaban J connectivity index is 1.86. The van der Waals surface area contributed by atoms with E-state index in [4.69, 9.17) is 20.8 Å². The number of fused-ring (bicyclic) bond motifs is 2. The summed E-state index contributed by atoms with van der Waals surface area (Å²) < 4.78 is 13.2. The van der Waals surface area contributed by atoms with E-state index in [1.165, 1.54) is 17.4 Å². The molecule has 0 atom stereocenters. The Hall–Kier alpha value is -2.74. The van der Waals surface area contributed by atoms with Crippen LogP contribution in [0.4, 0.5) is 0 Å². The molecule has 1 amide bonds. The summed E-state index contributed by atoms with van der Waals surface area (Å²) in [6.07, 6.45) is 0. The van der Waals surface area contributed by atoms with Crippen molar-refractivity contribution in [3.8, 4) is 0 Å². The van der Waals surface area contributed by atoms with E-state index in [1.54, 1.807) is 31.4 Å². The molecule has 8 heteroatoms. The van der Waals surface area contributed by atoms with Crippen molar-refractivity contribution in [1.29, 1.82) is 0 Å². The normalized spacial score (nSPS) is 12.1. The van der Waals surface area contributed by atoms with E-state index in [9.17, 15) is 9.59 Å². The SMILES string of the molecule is COCCn1c(=NC(=O)c2cc3ccccc3oc2=O)sc2cc(Cl)ccc21. The van der Waals surface area contributed by atoms with Crippen molar-refractivity contribution in [2.45, 2.75) is 6.54 Å². The Labute approximate surface area is 168 Å². The number of carbonyl (C=O) groups is 1. The standard InChI is InChI=1S/C20H15ClN2O4S/c1-26-9-8-23-15-7-6-13(21)11-17(15)28-20(23)22-18(24)14-10-12-4-2-3-5-16(12)27-19(14)25/h2-7,10-11H,8-9H2,1H3. The molecule has 0 saturated carbocycles. The Kier molecular flexibility index (Phi) is 5.13. The molecule has 0 radical (unpaired) electrons. The Bertz CT molecular complexity index is 1320. The van der Waals surface area contributed by atoms with Gasteiger partial charge in [0, 0.05) is 24.1 Å². The number of aromatic nitrogens is 1. The van der Waals surface area contributed by atoms with Gasteiger partial charge in [-0.3, -0.25) is 4.79 Å². The van der Waals surface area contributed by atoms with Crippen molar-refractivity contribution in [3.63, 3.8) is 0 Å². The maximum atomic E-state index is 12.8. The van der Waals surface area contributed by atoms with Crippen LogP contribution in [0.25, 0.3) is 21.2 Å². The number of thiazole rings is 1. The minimum Gasteiger partial charge on any atom is -0.422 e. The van der Waals surface area contributed by atoms with Gasteiger partial charge in [0.25, 0.3) is 5.91 Å². The lowest BCUT2D eigenvalue weighted by Gasteiger charge is -2.04. The van der Waals surface area contributed by atoms with Gasteiger partial charge in [0.15, 0.2) is 4.80 Å². The number of hydrogen-bond donors (Lipinski definition) is 0. The molecule has 2 heterocycles. The summed E-state index contributed by atoms with van der Waals surface area (Å²) in [5, 5.41) is 1.26. The lowest BCUT2D eigenvalue weighted by molar-refractivity contribution is 0.0994. The molecule has 6 nitrogen and oxygen atoms in total. The zero-order valence-corrected chi connectivity index (χ0v) is 16.4. The summed E-state index contributed by atoms with van der Waals surface area (Å²) in [7, 11) is 1.61. The van der Waals surface area contributed by atoms with Crippen LogP contribution in [0.5, 0.6) is 0 Å². The van der Waals surface area contributed by atoms with Crippen LogP contribution in [0.2, 0.25) is 5.02 Å². The zero-order chi connectivity index (χ0) is 19.7. The quantitative estimate of drug-likeness (QED) is 0.475. The van der Waals surface area contributed by atoms with Gasteiger partial charge in [0.2, 0.25) is 0 Å². The van der Waals surface area contributed by atoms with Crippen molar-refractivity contribution in [2.24, 2.45) is 4.99 Å². The largest absolute Gasteiger partial charge is 0.422 e. The third kappa shape index (κ3) is 3.52. The number of para-hydroxylation sites is 1. The number of amides is 1. The summed E-state index contributed by atoms with van der Waals surface area (Å²) >= 11 is 7.41. The molecule has 0 fully saturated rings. The molecule has 4 aromatic rings. The van der Waals surface area contributed by atoms with Crippen LogP contribution in [-0.2, 0) is 11.3 Å². The van der Waals surface area contributed by atoms with Crippen molar-refractivity contribution >= 4 is 50.0 Å². The van der Waals surface area contributed by atoms with E-state index < -0.39 is 11.5 Å². The van der Waals surface area contributed by atoms with Gasteiger partial charge in [0.05, 0.1) is 16.8 Å². The summed E-state index contributed by atoms with van der Waals surface area (Å²) in [5.41, 5.74) is 0.506. The molecule has 0 bridgehead atoms. The van der Waals surface area contributed by atoms with Gasteiger partial charge in [0.1, 0.15) is 11.1 Å². The number of rotatable bonds is 4. The van der Waals surface area contributed by atoms with Crippen LogP contribution >= 0.6 is 22.9 Å². The Morgan fingerprint density at radius 1 is 1.25 bits per heavy atom. The minimum absolute atomic E-state index is 0.104. The molecule has 2 aromatic heterocycles. The van der Waals surface area contributed by atoms with E-state index >= 15 is 0 Å². The third-order valence-corrected chi connectivity index (χ3v) is 5.51. The van der Waals surface area contributed by atoms with Crippen molar-refractivity contribution in [1.82, 2.24) is 4.57 Å². The van der Waals surface area contributed by atoms with Gasteiger partial charge >= 0.3 is 5.63 Å². The number of methoxy groups -OCH3 is 1. The molecule has 142 valence electrons. The highest BCUT2D eigenvalue weighted by atomic mass is 35.5. The molecule has 28 heavy (non-hydrogen) atoms. The van der Waals surface area contributed by atoms with E-state index in [0.717, 1.165) is 10.2 Å². The highest BCUT2D eigenvalue weighted by molar-refractivity contribution is 7.16. The number of benzene rings is 2. The van der Waals surface area contributed by atoms with Gasteiger partial charge < -0.3 is 13.7 Å². The molecule has 0 N–H and O–H groups in total. The predicted molar refractivity (Wildman–Crippen MR) is 109 cm³/mol. The van der Waals surface area contributed by atoms with Crippen LogP contribution in [0.3, 0.4) is 0 Å². The zero-order valence-electron chi connectivity index (χ0n) is 14.8. The van der Waals surface area contributed by atoms with Crippen molar-refractivity contribution in [3.05, 3.63) is 74.3 Å². The molecular formula is C20H15ClN2O4S. The maximum Gasteiger partial charge on any atom is 0.349 e. The number of nitrogens with zero attached hydrogens (tertiary/aromatic N) is 2. The smallest absolute Gasteiger partial charge is 0.349 e. The van der Waals surface area contributed by atoms with Crippen molar-refractivity contribution < 1.29 is 13.9 Å². The summed E-state index contributed by atoms with van der Waals surface area (Å²) in [6, 6.07) is 14.0. The first kappa shape index (κ1) is 18.6. The third-order valence-electron chi connectivity index (χ3n) is 4.23. The molecule has 0 unspecified atom stereocenters. The van der Waals surface area contributed by atoms with E-state index in [-0.39, 0.29) is 5.56 Å². The van der Waals surface area contributed by atoms with Gasteiger partial charge in [-0.15, -0.1) is 0 Å². The lowest BCUT2D eigenvalue weighted by atomic mass is 10.2. The number of carbonyl (C=O) groups excluding carboxylic acids is 1. The second-order valence-electron chi connectivity index (χ2n) is 6.04. The van der Waals surface area contributed by atoms with Crippen LogP contribution in [0, 0.1) is 0 Å². The van der Waals surface area contributed by atoms with Crippen LogP contribution in [0.15, 0.2) is 62.7 Å². The van der Waals surface area contributed by atoms with Crippen LogP contribution < -0.4 is 10.4 Å². The first-order valence-corrected chi connectivity index (χ1v) is 9.66. The summed E-state index contributed by atoms with van der Waals surface area (Å²) in [6.45, 7) is 0.963. The highest BCUT2D eigenvalue weighted by Gasteiger charge is 2.15. The Morgan fingerprint density at radius 2 is 2.07 bits per heavy atom. The monoisotopic (exact) mass is 414 g/mol. The maximum absolute atomic E-state index is 12.8. The predicted octanol–water partition coefficient (Wildman–Crippen LogP) is 3.85. The van der Waals surface area contributed by atoms with E-state index in [1.807, 2.05) is 22.8 Å². The molecule has 0 spiro atoms. The highest BCUT2D eigenvalue weighted by Crippen LogP contribution is 2.22. The minimum atomic E-state index is -0.708. The Morgan fingerprint density at radius 3 is 2.89 bits per heavy atom. The van der Waals surface area contributed by atoms with E-state index in [0.29, 0.717) is 33.9 Å². The fraction of sp³-hybridized carbons (Fsp3) is 0.150. The summed E-state index contributed by atoms with van der Waals surface area (Å²) in [4.78, 5) is 29.7. The first-order valence-electron chi connectivity index (χ1n) is 8.46. The first-order chi connectivity index (χ1) is 13.6. The molecule has 0 saturated heterocycles. The van der Waals surface area contributed by atoms with Crippen LogP contribution in [-0.4, -0.2) is 24.2 Å². The molecule has 0 aliphatic rings. The average molecular weight is 415 g/mol. The second-order valence-corrected chi connectivity index (χ2v) is 7.49. The lowest BCUT2D eigenvalue weighted by Crippen LogP contribution is -2.21.